The molecule has 0 bridgehead atoms. The number of nitrogens with one attached hydrogen (secondary N) is 1. The summed E-state index contributed by atoms with van der Waals surface area (Å²) in [5.74, 6) is -0.0129. The first kappa shape index (κ1) is 31.5. The van der Waals surface area contributed by atoms with Crippen molar-refractivity contribution in [2.24, 2.45) is 0 Å². The van der Waals surface area contributed by atoms with Gasteiger partial charge in [-0.3, -0.25) is 18.9 Å². The molecule has 0 saturated heterocycles. The van der Waals surface area contributed by atoms with E-state index >= 15 is 0 Å². The van der Waals surface area contributed by atoms with Crippen molar-refractivity contribution in [2.75, 3.05) is 24.2 Å². The Kier molecular flexibility index (Phi) is 9.99. The summed E-state index contributed by atoms with van der Waals surface area (Å²) < 4.78 is 34.7. The fraction of sp³-hybridized carbons (Fsp3) is 0.444. The van der Waals surface area contributed by atoms with E-state index in [9.17, 15) is 13.9 Å². The maximum Gasteiger partial charge on any atom is 0.350 e. The zero-order valence-electron chi connectivity index (χ0n) is 21.0. The molecular formula is C18H27ClN10O9P2. The van der Waals surface area contributed by atoms with Gasteiger partial charge in [0.25, 0.3) is 5.56 Å². The second-order valence-electron chi connectivity index (χ2n) is 8.50. The van der Waals surface area contributed by atoms with Gasteiger partial charge in [-0.05, 0) is 13.8 Å². The normalized spacial score (nSPS) is 13.8. The maximum atomic E-state index is 11.6. The standard InChI is InChI=1S/C9H13ClN5O4P.C9H14N5O5P/c1-5(19-4-20(16,17)18)2-15-3-12-6-7(10)13-9(11)14-8(6)15;1-5(19-4-20(16,17)18)2-14-3-11-6-7(14)12-9(10)13-8(6)15/h3,5H,2,4H2,1H3,(H2,11,13,14)(H2,16,17,18);3,5H,2,4H2,1H3,(H2,16,17,18)(H3,10,12,13,15)/t2*5-/m11/s1. The maximum absolute atomic E-state index is 11.6. The van der Waals surface area contributed by atoms with Gasteiger partial charge in [0.2, 0.25) is 11.9 Å². The molecule has 0 aliphatic heterocycles. The lowest BCUT2D eigenvalue weighted by Gasteiger charge is -2.14. The second kappa shape index (κ2) is 12.7. The van der Waals surface area contributed by atoms with Crippen LogP contribution in [0.2, 0.25) is 5.15 Å². The number of anilines is 2. The molecule has 0 unspecified atom stereocenters. The number of nitrogens with two attached hydrogens (primary N) is 2. The van der Waals surface area contributed by atoms with Gasteiger partial charge < -0.3 is 49.6 Å². The summed E-state index contributed by atoms with van der Waals surface area (Å²) >= 11 is 5.89. The van der Waals surface area contributed by atoms with Gasteiger partial charge in [0.1, 0.15) is 18.2 Å². The monoisotopic (exact) mass is 624 g/mol. The van der Waals surface area contributed by atoms with E-state index in [0.717, 1.165) is 0 Å². The number of nitrogen functional groups attached to an aromatic ring is 2. The summed E-state index contributed by atoms with van der Waals surface area (Å²) in [4.78, 5) is 68.6. The number of hydrogen-bond acceptors (Lipinski definition) is 12. The van der Waals surface area contributed by atoms with Crippen LogP contribution in [-0.2, 0) is 31.7 Å². The Morgan fingerprint density at radius 2 is 1.38 bits per heavy atom. The number of ether oxygens (including phenoxy) is 2. The molecule has 4 heterocycles. The largest absolute Gasteiger partial charge is 0.369 e. The lowest BCUT2D eigenvalue weighted by Crippen LogP contribution is -2.18. The molecule has 9 N–H and O–H groups in total. The van der Waals surface area contributed by atoms with E-state index < -0.39 is 45.7 Å². The molecule has 4 aromatic heterocycles. The molecule has 0 radical (unpaired) electrons. The number of halogens is 1. The minimum atomic E-state index is -4.21. The van der Waals surface area contributed by atoms with Crippen LogP contribution in [0.5, 0.6) is 0 Å². The van der Waals surface area contributed by atoms with Crippen molar-refractivity contribution in [1.29, 1.82) is 0 Å². The first-order chi connectivity index (χ1) is 18.5. The molecule has 0 spiro atoms. The van der Waals surface area contributed by atoms with Crippen molar-refractivity contribution in [3.05, 3.63) is 28.2 Å². The Morgan fingerprint density at radius 1 is 0.900 bits per heavy atom. The van der Waals surface area contributed by atoms with Crippen LogP contribution in [0, 0.1) is 0 Å². The van der Waals surface area contributed by atoms with Gasteiger partial charge in [-0.2, -0.15) is 15.0 Å². The minimum absolute atomic E-state index is 0.0213. The molecule has 2 atom stereocenters. The van der Waals surface area contributed by atoms with E-state index in [1.807, 2.05) is 0 Å². The average molecular weight is 625 g/mol. The second-order valence-corrected chi connectivity index (χ2v) is 12.0. The predicted octanol–water partition coefficient (Wildman–Crippen LogP) is -0.156. The van der Waals surface area contributed by atoms with E-state index in [1.165, 1.54) is 17.2 Å². The highest BCUT2D eigenvalue weighted by molar-refractivity contribution is 7.51. The van der Waals surface area contributed by atoms with Crippen LogP contribution in [0.15, 0.2) is 17.4 Å². The number of hydrogen-bond donors (Lipinski definition) is 7. The molecule has 22 heteroatoms. The molecule has 40 heavy (non-hydrogen) atoms. The number of fused-ring (bicyclic) bond motifs is 2. The van der Waals surface area contributed by atoms with Crippen molar-refractivity contribution in [1.82, 2.24) is 39.0 Å². The third-order valence-corrected chi connectivity index (χ3v) is 6.13. The Hall–Kier alpha value is -2.99. The van der Waals surface area contributed by atoms with Crippen LogP contribution in [0.25, 0.3) is 22.3 Å². The minimum Gasteiger partial charge on any atom is -0.369 e. The summed E-state index contributed by atoms with van der Waals surface area (Å²) in [7, 11) is -8.40. The summed E-state index contributed by atoms with van der Waals surface area (Å²) in [6.07, 6.45) is 0.624. The SMILES string of the molecule is C[C@H](Cn1cnc2c(=O)[nH]c(N)nc21)OCP(=O)(O)O.C[C@H](Cn1cnc2c(Cl)nc(N)nc21)OCP(=O)(O)O. The molecule has 0 aliphatic rings. The molecule has 4 rings (SSSR count). The van der Waals surface area contributed by atoms with Gasteiger partial charge in [-0.15, -0.1) is 0 Å². The van der Waals surface area contributed by atoms with Gasteiger partial charge in [-0.25, -0.2) is 9.97 Å². The number of aromatic nitrogens is 8. The fourth-order valence-electron chi connectivity index (χ4n) is 3.27. The predicted molar refractivity (Wildman–Crippen MR) is 142 cm³/mol. The quantitative estimate of drug-likeness (QED) is 0.0890. The first-order valence-corrected chi connectivity index (χ1v) is 15.2. The van der Waals surface area contributed by atoms with Crippen LogP contribution in [0.4, 0.5) is 11.9 Å². The fourth-order valence-corrected chi connectivity index (χ4v) is 4.39. The number of rotatable bonds is 10. The van der Waals surface area contributed by atoms with Crippen molar-refractivity contribution >= 4 is 61.0 Å². The van der Waals surface area contributed by atoms with E-state index in [0.29, 0.717) is 17.7 Å². The number of imidazole rings is 2. The first-order valence-electron chi connectivity index (χ1n) is 11.2. The lowest BCUT2D eigenvalue weighted by atomic mass is 10.4. The molecule has 0 amide bonds. The summed E-state index contributed by atoms with van der Waals surface area (Å²) in [5, 5.41) is 0.148. The zero-order chi connectivity index (χ0) is 29.8. The highest BCUT2D eigenvalue weighted by Gasteiger charge is 2.18. The summed E-state index contributed by atoms with van der Waals surface area (Å²) in [5.41, 5.74) is 11.8. The Balaban J connectivity index is 0.000000220. The van der Waals surface area contributed by atoms with E-state index in [1.54, 1.807) is 18.4 Å². The zero-order valence-corrected chi connectivity index (χ0v) is 23.6. The smallest absolute Gasteiger partial charge is 0.350 e. The molecule has 0 fully saturated rings. The highest BCUT2D eigenvalue weighted by atomic mass is 35.5. The molecule has 0 saturated carbocycles. The molecule has 0 aliphatic carbocycles. The molecular weight excluding hydrogens is 598 g/mol. The van der Waals surface area contributed by atoms with Crippen LogP contribution >= 0.6 is 26.8 Å². The van der Waals surface area contributed by atoms with E-state index in [2.05, 4.69) is 29.9 Å². The van der Waals surface area contributed by atoms with Crippen molar-refractivity contribution in [3.8, 4) is 0 Å². The Bertz CT molecular complexity index is 1630. The Labute approximate surface area is 229 Å². The van der Waals surface area contributed by atoms with Gasteiger partial charge in [0.15, 0.2) is 22.0 Å². The van der Waals surface area contributed by atoms with Crippen molar-refractivity contribution in [3.63, 3.8) is 0 Å². The van der Waals surface area contributed by atoms with Gasteiger partial charge in [-0.1, -0.05) is 11.6 Å². The lowest BCUT2D eigenvalue weighted by molar-refractivity contribution is 0.0764. The van der Waals surface area contributed by atoms with Gasteiger partial charge in [0.05, 0.1) is 38.0 Å². The van der Waals surface area contributed by atoms with Crippen LogP contribution < -0.4 is 17.0 Å². The van der Waals surface area contributed by atoms with Gasteiger partial charge in [0, 0.05) is 0 Å². The number of H-pyrrole nitrogens is 1. The van der Waals surface area contributed by atoms with Crippen molar-refractivity contribution < 1.29 is 38.2 Å². The molecule has 4 aromatic rings. The van der Waals surface area contributed by atoms with E-state index in [-0.39, 0.29) is 34.8 Å². The molecule has 220 valence electrons. The van der Waals surface area contributed by atoms with Crippen LogP contribution in [0.3, 0.4) is 0 Å². The van der Waals surface area contributed by atoms with Crippen LogP contribution in [-0.4, -0.2) is 83.5 Å². The molecule has 19 nitrogen and oxygen atoms in total. The number of nitrogens with zero attached hydrogens (tertiary/aromatic N) is 7. The van der Waals surface area contributed by atoms with E-state index in [4.69, 9.17) is 52.1 Å². The summed E-state index contributed by atoms with van der Waals surface area (Å²) in [6.45, 7) is 3.83. The third-order valence-electron chi connectivity index (χ3n) is 4.89. The van der Waals surface area contributed by atoms with Gasteiger partial charge >= 0.3 is 15.2 Å². The topological polar surface area (TPSA) is 293 Å². The summed E-state index contributed by atoms with van der Waals surface area (Å²) in [6, 6.07) is 0. The highest BCUT2D eigenvalue weighted by Crippen LogP contribution is 2.35. The van der Waals surface area contributed by atoms with Crippen molar-refractivity contribution in [2.45, 2.75) is 39.1 Å². The number of aromatic amines is 1. The third kappa shape index (κ3) is 9.02. The van der Waals surface area contributed by atoms with Crippen LogP contribution in [0.1, 0.15) is 13.8 Å². The average Bonchev–Trinajstić information content (AvgIpc) is 3.40. The Morgan fingerprint density at radius 3 is 1.88 bits per heavy atom. The molecule has 0 aromatic carbocycles.